The summed E-state index contributed by atoms with van der Waals surface area (Å²) in [6.45, 7) is 5.84. The molecule has 31 heavy (non-hydrogen) atoms. The van der Waals surface area contributed by atoms with Crippen LogP contribution in [0, 0.1) is 16.0 Å². The van der Waals surface area contributed by atoms with Crippen LogP contribution in [0.25, 0.3) is 0 Å². The second-order valence-electron chi connectivity index (χ2n) is 6.90. The molecule has 0 heterocycles. The Morgan fingerprint density at radius 2 is 1.68 bits per heavy atom. The molecule has 3 amide bonds. The molecule has 164 valence electrons. The molecule has 0 saturated heterocycles. The van der Waals surface area contributed by atoms with Gasteiger partial charge >= 0.3 is 0 Å². The summed E-state index contributed by atoms with van der Waals surface area (Å²) in [5, 5.41) is 13.5. The summed E-state index contributed by atoms with van der Waals surface area (Å²) >= 11 is 0. The SMILES string of the molecule is CCOc1ccc(C(=O)N[C@@H](C(=O)NNC(=O)c2cccc([N+](=O)[O-])c2)C(C)C)cc1. The minimum absolute atomic E-state index is 0.00835. The van der Waals surface area contributed by atoms with E-state index in [0.29, 0.717) is 17.9 Å². The highest BCUT2D eigenvalue weighted by molar-refractivity contribution is 5.99. The van der Waals surface area contributed by atoms with Crippen LogP contribution < -0.4 is 20.9 Å². The molecule has 0 aliphatic carbocycles. The van der Waals surface area contributed by atoms with Crippen LogP contribution >= 0.6 is 0 Å². The van der Waals surface area contributed by atoms with E-state index in [1.54, 1.807) is 38.1 Å². The Labute approximate surface area is 179 Å². The van der Waals surface area contributed by atoms with Gasteiger partial charge in [-0.2, -0.15) is 0 Å². The van der Waals surface area contributed by atoms with Gasteiger partial charge in [-0.3, -0.25) is 35.3 Å². The van der Waals surface area contributed by atoms with Crippen LogP contribution in [0.15, 0.2) is 48.5 Å². The van der Waals surface area contributed by atoms with E-state index in [-0.39, 0.29) is 17.2 Å². The zero-order valence-corrected chi connectivity index (χ0v) is 17.4. The van der Waals surface area contributed by atoms with Gasteiger partial charge in [-0.25, -0.2) is 0 Å². The van der Waals surface area contributed by atoms with Crippen molar-refractivity contribution in [2.75, 3.05) is 6.61 Å². The lowest BCUT2D eigenvalue weighted by Gasteiger charge is -2.22. The van der Waals surface area contributed by atoms with E-state index < -0.39 is 28.7 Å². The fourth-order valence-corrected chi connectivity index (χ4v) is 2.66. The molecule has 0 spiro atoms. The number of amides is 3. The molecule has 1 atom stereocenters. The van der Waals surface area contributed by atoms with Crippen LogP contribution in [-0.4, -0.2) is 35.3 Å². The third-order valence-electron chi connectivity index (χ3n) is 4.28. The highest BCUT2D eigenvalue weighted by Gasteiger charge is 2.25. The zero-order chi connectivity index (χ0) is 23.0. The maximum Gasteiger partial charge on any atom is 0.270 e. The summed E-state index contributed by atoms with van der Waals surface area (Å²) in [6.07, 6.45) is 0. The van der Waals surface area contributed by atoms with Crippen LogP contribution in [0.2, 0.25) is 0 Å². The summed E-state index contributed by atoms with van der Waals surface area (Å²) in [4.78, 5) is 47.5. The third kappa shape index (κ3) is 6.53. The first-order valence-corrected chi connectivity index (χ1v) is 9.61. The van der Waals surface area contributed by atoms with Crippen molar-refractivity contribution in [2.24, 2.45) is 5.92 Å². The van der Waals surface area contributed by atoms with Crippen molar-refractivity contribution in [3.05, 3.63) is 69.8 Å². The second-order valence-corrected chi connectivity index (χ2v) is 6.90. The van der Waals surface area contributed by atoms with Crippen LogP contribution in [0.3, 0.4) is 0 Å². The van der Waals surface area contributed by atoms with Gasteiger partial charge in [-0.15, -0.1) is 0 Å². The predicted molar refractivity (Wildman–Crippen MR) is 112 cm³/mol. The van der Waals surface area contributed by atoms with Gasteiger partial charge in [-0.05, 0) is 43.2 Å². The van der Waals surface area contributed by atoms with Crippen LogP contribution in [0.5, 0.6) is 5.75 Å². The zero-order valence-electron chi connectivity index (χ0n) is 17.4. The first-order chi connectivity index (χ1) is 14.7. The standard InChI is InChI=1S/C21H24N4O6/c1-4-31-17-10-8-14(9-11-17)19(26)22-18(13(2)3)21(28)24-23-20(27)15-6-5-7-16(12-15)25(29)30/h5-13,18H,4H2,1-3H3,(H,22,26)(H,23,27)(H,24,28)/t18-/m1/s1. The third-order valence-corrected chi connectivity index (χ3v) is 4.28. The first kappa shape index (κ1) is 23.3. The number of carbonyl (C=O) groups is 3. The molecule has 0 aliphatic rings. The number of carbonyl (C=O) groups excluding carboxylic acids is 3. The average molecular weight is 428 g/mol. The number of hydrazine groups is 1. The molecule has 0 saturated carbocycles. The number of ether oxygens (including phenoxy) is 1. The summed E-state index contributed by atoms with van der Waals surface area (Å²) in [5.41, 5.74) is 4.57. The molecular weight excluding hydrogens is 404 g/mol. The molecular formula is C21H24N4O6. The molecule has 10 heteroatoms. The van der Waals surface area contributed by atoms with Gasteiger partial charge in [0.15, 0.2) is 0 Å². The van der Waals surface area contributed by atoms with Crippen molar-refractivity contribution < 1.29 is 24.0 Å². The number of non-ortho nitro benzene ring substituents is 1. The molecule has 0 fully saturated rings. The quantitative estimate of drug-likeness (QED) is 0.435. The van der Waals surface area contributed by atoms with Crippen LogP contribution in [0.1, 0.15) is 41.5 Å². The Bertz CT molecular complexity index is 959. The number of nitrogens with zero attached hydrogens (tertiary/aromatic N) is 1. The number of rotatable bonds is 8. The highest BCUT2D eigenvalue weighted by Crippen LogP contribution is 2.14. The largest absolute Gasteiger partial charge is 0.494 e. The lowest BCUT2D eigenvalue weighted by molar-refractivity contribution is -0.384. The maximum absolute atomic E-state index is 12.5. The van der Waals surface area contributed by atoms with E-state index in [1.807, 2.05) is 6.92 Å². The number of hydrogen-bond donors (Lipinski definition) is 3. The fourth-order valence-electron chi connectivity index (χ4n) is 2.66. The van der Waals surface area contributed by atoms with Gasteiger partial charge < -0.3 is 10.1 Å². The molecule has 0 aromatic heterocycles. The predicted octanol–water partition coefficient (Wildman–Crippen LogP) is 2.21. The molecule has 3 N–H and O–H groups in total. The Balaban J connectivity index is 2.00. The molecule has 0 bridgehead atoms. The summed E-state index contributed by atoms with van der Waals surface area (Å²) in [5.74, 6) is -1.46. The molecule has 2 aromatic carbocycles. The maximum atomic E-state index is 12.5. The minimum Gasteiger partial charge on any atom is -0.494 e. The van der Waals surface area contributed by atoms with Crippen molar-refractivity contribution in [2.45, 2.75) is 26.8 Å². The summed E-state index contributed by atoms with van der Waals surface area (Å²) in [6, 6.07) is 10.6. The van der Waals surface area contributed by atoms with Crippen molar-refractivity contribution in [3.8, 4) is 5.75 Å². The monoisotopic (exact) mass is 428 g/mol. The molecule has 0 radical (unpaired) electrons. The lowest BCUT2D eigenvalue weighted by atomic mass is 10.0. The van der Waals surface area contributed by atoms with Crippen molar-refractivity contribution in [3.63, 3.8) is 0 Å². The van der Waals surface area contributed by atoms with E-state index in [9.17, 15) is 24.5 Å². The van der Waals surface area contributed by atoms with Gasteiger partial charge in [-0.1, -0.05) is 19.9 Å². The van der Waals surface area contributed by atoms with E-state index in [0.717, 1.165) is 6.07 Å². The molecule has 0 unspecified atom stereocenters. The number of nitrogens with one attached hydrogen (secondary N) is 3. The topological polar surface area (TPSA) is 140 Å². The van der Waals surface area contributed by atoms with E-state index in [1.165, 1.54) is 18.2 Å². The van der Waals surface area contributed by atoms with Crippen molar-refractivity contribution in [1.29, 1.82) is 0 Å². The number of nitro benzene ring substituents is 1. The first-order valence-electron chi connectivity index (χ1n) is 9.61. The average Bonchev–Trinajstić information content (AvgIpc) is 2.76. The van der Waals surface area contributed by atoms with Gasteiger partial charge in [0.1, 0.15) is 11.8 Å². The molecule has 2 rings (SSSR count). The summed E-state index contributed by atoms with van der Waals surface area (Å²) in [7, 11) is 0. The van der Waals surface area contributed by atoms with Crippen LogP contribution in [0.4, 0.5) is 5.69 Å². The smallest absolute Gasteiger partial charge is 0.270 e. The van der Waals surface area contributed by atoms with Gasteiger partial charge in [0, 0.05) is 23.3 Å². The molecule has 10 nitrogen and oxygen atoms in total. The molecule has 2 aromatic rings. The Morgan fingerprint density at radius 3 is 2.26 bits per heavy atom. The van der Waals surface area contributed by atoms with Gasteiger partial charge in [0.05, 0.1) is 11.5 Å². The Hall–Kier alpha value is -3.95. The summed E-state index contributed by atoms with van der Waals surface area (Å²) < 4.78 is 5.34. The number of benzene rings is 2. The minimum atomic E-state index is -0.926. The molecule has 0 aliphatic heterocycles. The number of hydrogen-bond acceptors (Lipinski definition) is 6. The van der Waals surface area contributed by atoms with Crippen molar-refractivity contribution >= 4 is 23.4 Å². The second kappa shape index (κ2) is 10.7. The van der Waals surface area contributed by atoms with E-state index in [4.69, 9.17) is 4.74 Å². The fraction of sp³-hybridized carbons (Fsp3) is 0.286. The Kier molecular flexibility index (Phi) is 8.07. The van der Waals surface area contributed by atoms with Gasteiger partial charge in [0.25, 0.3) is 23.4 Å². The van der Waals surface area contributed by atoms with Crippen LogP contribution in [-0.2, 0) is 4.79 Å². The van der Waals surface area contributed by atoms with Crippen molar-refractivity contribution in [1.82, 2.24) is 16.2 Å². The lowest BCUT2D eigenvalue weighted by Crippen LogP contribution is -2.54. The van der Waals surface area contributed by atoms with Gasteiger partial charge in [0.2, 0.25) is 0 Å². The normalized spacial score (nSPS) is 11.4. The Morgan fingerprint density at radius 1 is 1.00 bits per heavy atom. The van der Waals surface area contributed by atoms with E-state index >= 15 is 0 Å². The number of nitro groups is 1. The highest BCUT2D eigenvalue weighted by atomic mass is 16.6. The van der Waals surface area contributed by atoms with E-state index in [2.05, 4.69) is 16.2 Å².